The first-order valence-corrected chi connectivity index (χ1v) is 6.48. The summed E-state index contributed by atoms with van der Waals surface area (Å²) in [6, 6.07) is 8.46. The van der Waals surface area contributed by atoms with Crippen molar-refractivity contribution in [2.75, 3.05) is 0 Å². The van der Waals surface area contributed by atoms with Crippen molar-refractivity contribution in [2.45, 2.75) is 26.3 Å². The Morgan fingerprint density at radius 1 is 1.29 bits per heavy atom. The van der Waals surface area contributed by atoms with Crippen LogP contribution in [0.3, 0.4) is 0 Å². The molecule has 0 atom stereocenters. The summed E-state index contributed by atoms with van der Waals surface area (Å²) in [7, 11) is 0. The van der Waals surface area contributed by atoms with E-state index < -0.39 is 0 Å². The lowest BCUT2D eigenvalue weighted by atomic mass is 10.0. The normalized spacial score (nSPS) is 10.8. The molecular weight excluding hydrogens is 278 g/mol. The maximum absolute atomic E-state index is 5.55. The van der Waals surface area contributed by atoms with Gasteiger partial charge in [-0.3, -0.25) is 0 Å². The maximum atomic E-state index is 5.55. The highest BCUT2D eigenvalue weighted by Gasteiger charge is 2.07. The number of imidazole rings is 1. The topological polar surface area (TPSA) is 54.7 Å². The van der Waals surface area contributed by atoms with E-state index in [0.29, 0.717) is 6.54 Å². The van der Waals surface area contributed by atoms with Crippen LogP contribution in [0, 0.1) is 6.92 Å². The van der Waals surface area contributed by atoms with E-state index in [4.69, 9.17) is 5.73 Å². The Hall–Kier alpha value is -1.13. The Balaban J connectivity index is 2.07. The molecule has 0 aliphatic carbocycles. The molecule has 4 heteroatoms. The molecule has 2 rings (SSSR count). The molecule has 1 aromatic heterocycles. The number of aromatic nitrogens is 2. The van der Waals surface area contributed by atoms with E-state index in [2.05, 4.69) is 57.1 Å². The summed E-state index contributed by atoms with van der Waals surface area (Å²) in [5.74, 6) is 0.830. The minimum Gasteiger partial charge on any atom is -0.344 e. The van der Waals surface area contributed by atoms with Crippen molar-refractivity contribution in [3.05, 3.63) is 51.5 Å². The van der Waals surface area contributed by atoms with Gasteiger partial charge in [-0.2, -0.15) is 0 Å². The number of nitrogens with one attached hydrogen (secondary N) is 1. The number of aryl methyl sites for hydroxylation is 3. The maximum Gasteiger partial charge on any atom is 0.127 e. The standard InChI is InChI=1S/C13H16BrN3/c1-9-4-2-3-5-10(9)6-7-11-13(14)17-12(8-15)16-11/h2-5H,6-8,15H2,1H3,(H,16,17). The SMILES string of the molecule is Cc1ccccc1CCc1[nH]c(CN)nc1Br. The molecule has 0 saturated heterocycles. The van der Waals surface area contributed by atoms with Crippen molar-refractivity contribution in [3.63, 3.8) is 0 Å². The third kappa shape index (κ3) is 2.96. The molecule has 0 unspecified atom stereocenters. The number of nitrogens with zero attached hydrogens (tertiary/aromatic N) is 1. The smallest absolute Gasteiger partial charge is 0.127 e. The molecule has 0 radical (unpaired) electrons. The number of benzene rings is 1. The second kappa shape index (κ2) is 5.47. The number of halogens is 1. The van der Waals surface area contributed by atoms with Gasteiger partial charge in [-0.05, 0) is 46.8 Å². The van der Waals surface area contributed by atoms with E-state index in [1.54, 1.807) is 0 Å². The van der Waals surface area contributed by atoms with Gasteiger partial charge in [0.15, 0.2) is 0 Å². The number of hydrogen-bond acceptors (Lipinski definition) is 2. The molecule has 1 aromatic carbocycles. The zero-order valence-electron chi connectivity index (χ0n) is 9.83. The summed E-state index contributed by atoms with van der Waals surface area (Å²) >= 11 is 3.45. The monoisotopic (exact) mass is 293 g/mol. The minimum atomic E-state index is 0.447. The molecule has 0 bridgehead atoms. The molecule has 0 saturated carbocycles. The lowest BCUT2D eigenvalue weighted by Gasteiger charge is -2.04. The lowest BCUT2D eigenvalue weighted by molar-refractivity contribution is 0.889. The van der Waals surface area contributed by atoms with Crippen molar-refractivity contribution >= 4 is 15.9 Å². The predicted octanol–water partition coefficient (Wildman–Crippen LogP) is 2.72. The Kier molecular flexibility index (Phi) is 3.97. The number of nitrogens with two attached hydrogens (primary N) is 1. The summed E-state index contributed by atoms with van der Waals surface area (Å²) in [6.45, 7) is 2.59. The molecule has 2 aromatic rings. The number of rotatable bonds is 4. The molecule has 90 valence electrons. The Morgan fingerprint density at radius 2 is 2.06 bits per heavy atom. The molecule has 3 N–H and O–H groups in total. The summed E-state index contributed by atoms with van der Waals surface area (Å²) in [5, 5.41) is 0. The Morgan fingerprint density at radius 3 is 2.71 bits per heavy atom. The first-order valence-electron chi connectivity index (χ1n) is 5.68. The summed E-state index contributed by atoms with van der Waals surface area (Å²) in [6.07, 6.45) is 1.95. The lowest BCUT2D eigenvalue weighted by Crippen LogP contribution is -1.99. The van der Waals surface area contributed by atoms with Gasteiger partial charge in [0.05, 0.1) is 6.54 Å². The first-order chi connectivity index (χ1) is 8.20. The van der Waals surface area contributed by atoms with E-state index in [1.165, 1.54) is 11.1 Å². The fraction of sp³-hybridized carbons (Fsp3) is 0.308. The van der Waals surface area contributed by atoms with Crippen LogP contribution in [0.15, 0.2) is 28.9 Å². The zero-order valence-corrected chi connectivity index (χ0v) is 11.4. The van der Waals surface area contributed by atoms with Crippen molar-refractivity contribution in [1.82, 2.24) is 9.97 Å². The van der Waals surface area contributed by atoms with Crippen LogP contribution in [0.2, 0.25) is 0 Å². The molecule has 0 aliphatic heterocycles. The third-order valence-electron chi connectivity index (χ3n) is 2.88. The van der Waals surface area contributed by atoms with Crippen LogP contribution < -0.4 is 5.73 Å². The van der Waals surface area contributed by atoms with Gasteiger partial charge in [-0.1, -0.05) is 24.3 Å². The van der Waals surface area contributed by atoms with Crippen LogP contribution in [0.5, 0.6) is 0 Å². The molecule has 3 nitrogen and oxygen atoms in total. The Labute approximate surface area is 110 Å². The first kappa shape index (κ1) is 12.3. The molecular formula is C13H16BrN3. The molecule has 0 amide bonds. The van der Waals surface area contributed by atoms with E-state index in [-0.39, 0.29) is 0 Å². The van der Waals surface area contributed by atoms with Gasteiger partial charge in [0, 0.05) is 5.69 Å². The number of hydrogen-bond donors (Lipinski definition) is 2. The Bertz CT molecular complexity index is 505. The summed E-state index contributed by atoms with van der Waals surface area (Å²) in [4.78, 5) is 7.54. The van der Waals surface area contributed by atoms with Gasteiger partial charge in [-0.15, -0.1) is 0 Å². The van der Waals surface area contributed by atoms with Crippen LogP contribution in [-0.4, -0.2) is 9.97 Å². The van der Waals surface area contributed by atoms with Crippen LogP contribution in [0.4, 0.5) is 0 Å². The fourth-order valence-corrected chi connectivity index (χ4v) is 2.36. The van der Waals surface area contributed by atoms with Gasteiger partial charge in [0.25, 0.3) is 0 Å². The second-order valence-electron chi connectivity index (χ2n) is 4.08. The van der Waals surface area contributed by atoms with E-state index in [0.717, 1.165) is 29.0 Å². The average molecular weight is 294 g/mol. The highest BCUT2D eigenvalue weighted by atomic mass is 79.9. The molecule has 1 heterocycles. The van der Waals surface area contributed by atoms with Crippen LogP contribution in [0.25, 0.3) is 0 Å². The van der Waals surface area contributed by atoms with Gasteiger partial charge in [0.1, 0.15) is 10.4 Å². The molecule has 17 heavy (non-hydrogen) atoms. The third-order valence-corrected chi connectivity index (χ3v) is 3.53. The van der Waals surface area contributed by atoms with Crippen molar-refractivity contribution < 1.29 is 0 Å². The van der Waals surface area contributed by atoms with Crippen molar-refractivity contribution in [3.8, 4) is 0 Å². The molecule has 0 spiro atoms. The van der Waals surface area contributed by atoms with Crippen molar-refractivity contribution in [1.29, 1.82) is 0 Å². The van der Waals surface area contributed by atoms with Crippen LogP contribution >= 0.6 is 15.9 Å². The van der Waals surface area contributed by atoms with E-state index in [9.17, 15) is 0 Å². The van der Waals surface area contributed by atoms with Gasteiger partial charge < -0.3 is 10.7 Å². The van der Waals surface area contributed by atoms with Gasteiger partial charge in [0.2, 0.25) is 0 Å². The van der Waals surface area contributed by atoms with Crippen LogP contribution in [0.1, 0.15) is 22.6 Å². The highest BCUT2D eigenvalue weighted by Crippen LogP contribution is 2.17. The minimum absolute atomic E-state index is 0.447. The second-order valence-corrected chi connectivity index (χ2v) is 4.83. The summed E-state index contributed by atoms with van der Waals surface area (Å²) < 4.78 is 0.881. The van der Waals surface area contributed by atoms with Crippen LogP contribution in [-0.2, 0) is 19.4 Å². The van der Waals surface area contributed by atoms with Crippen molar-refractivity contribution in [2.24, 2.45) is 5.73 Å². The molecule has 0 aliphatic rings. The van der Waals surface area contributed by atoms with E-state index >= 15 is 0 Å². The number of H-pyrrole nitrogens is 1. The summed E-state index contributed by atoms with van der Waals surface area (Å²) in [5.41, 5.74) is 9.38. The quantitative estimate of drug-likeness (QED) is 0.911. The fourth-order valence-electron chi connectivity index (χ4n) is 1.85. The predicted molar refractivity (Wildman–Crippen MR) is 72.8 cm³/mol. The molecule has 0 fully saturated rings. The van der Waals surface area contributed by atoms with E-state index in [1.807, 2.05) is 0 Å². The van der Waals surface area contributed by atoms with Gasteiger partial charge in [-0.25, -0.2) is 4.98 Å². The zero-order chi connectivity index (χ0) is 12.3. The number of aromatic amines is 1. The average Bonchev–Trinajstić information content (AvgIpc) is 2.69. The highest BCUT2D eigenvalue weighted by molar-refractivity contribution is 9.10. The van der Waals surface area contributed by atoms with Gasteiger partial charge >= 0.3 is 0 Å². The largest absolute Gasteiger partial charge is 0.344 e.